The van der Waals surface area contributed by atoms with Crippen molar-refractivity contribution < 1.29 is 18.6 Å². The number of rotatable bonds is 12. The van der Waals surface area contributed by atoms with Crippen molar-refractivity contribution in [2.24, 2.45) is 5.73 Å². The number of allylic oxidation sites excluding steroid dienone is 3. The van der Waals surface area contributed by atoms with Gasteiger partial charge in [-0.2, -0.15) is 0 Å². The summed E-state index contributed by atoms with van der Waals surface area (Å²) in [4.78, 5) is 7.65. The maximum absolute atomic E-state index is 14.1. The van der Waals surface area contributed by atoms with E-state index in [0.717, 1.165) is 18.0 Å². The van der Waals surface area contributed by atoms with Crippen LogP contribution in [0, 0.1) is 18.6 Å². The van der Waals surface area contributed by atoms with Crippen molar-refractivity contribution in [3.8, 4) is 0 Å². The first kappa shape index (κ1) is 28.9. The zero-order chi connectivity index (χ0) is 26.4. The van der Waals surface area contributed by atoms with E-state index in [0.29, 0.717) is 29.5 Å². The number of ether oxygens (including phenoxy) is 1. The number of aromatic amines is 1. The molecule has 2 aromatic rings. The number of aliphatic hydroxyl groups excluding tert-OH is 1. The molecule has 2 rings (SSSR count). The molecule has 0 fully saturated rings. The number of H-pyrrole nitrogens is 1. The van der Waals surface area contributed by atoms with Crippen molar-refractivity contribution >= 4 is 13.8 Å². The monoisotopic (exact) mass is 506 g/mol. The number of aliphatic hydroxyl groups is 1. The van der Waals surface area contributed by atoms with Gasteiger partial charge >= 0.3 is 0 Å². The van der Waals surface area contributed by atoms with Crippen molar-refractivity contribution in [1.82, 2.24) is 15.3 Å². The van der Waals surface area contributed by atoms with Crippen LogP contribution in [0.15, 0.2) is 35.9 Å². The maximum Gasteiger partial charge on any atom is 0.173 e. The molecule has 0 spiro atoms. The quantitative estimate of drug-likeness (QED) is 0.131. The smallest absolute Gasteiger partial charge is 0.173 e. The third kappa shape index (κ3) is 8.99. The molecule has 6 nitrogen and oxygen atoms in total. The van der Waals surface area contributed by atoms with Gasteiger partial charge in [0.1, 0.15) is 30.2 Å². The number of hydrogen-bond donors (Lipinski definition) is 4. The third-order valence-corrected chi connectivity index (χ3v) is 7.56. The minimum absolute atomic E-state index is 0.165. The summed E-state index contributed by atoms with van der Waals surface area (Å²) >= 11 is 0. The van der Waals surface area contributed by atoms with Gasteiger partial charge in [0.2, 0.25) is 0 Å². The molecule has 0 aliphatic carbocycles. The minimum Gasteiger partial charge on any atom is -0.485 e. The molecule has 35 heavy (non-hydrogen) atoms. The fraction of sp³-hybridized carbons (Fsp3) is 0.500. The lowest BCUT2D eigenvalue weighted by Gasteiger charge is -2.29. The van der Waals surface area contributed by atoms with Gasteiger partial charge in [-0.1, -0.05) is 43.4 Å². The Morgan fingerprint density at radius 1 is 1.31 bits per heavy atom. The van der Waals surface area contributed by atoms with E-state index in [1.807, 2.05) is 26.8 Å². The Labute approximate surface area is 208 Å². The minimum atomic E-state index is -1.22. The fourth-order valence-electron chi connectivity index (χ4n) is 3.32. The van der Waals surface area contributed by atoms with Crippen LogP contribution < -0.4 is 11.1 Å². The fourth-order valence-corrected chi connectivity index (χ4v) is 4.64. The van der Waals surface area contributed by atoms with E-state index in [2.05, 4.69) is 34.9 Å². The highest BCUT2D eigenvalue weighted by Gasteiger charge is 2.25. The predicted molar refractivity (Wildman–Crippen MR) is 140 cm³/mol. The average Bonchev–Trinajstić information content (AvgIpc) is 3.16. The van der Waals surface area contributed by atoms with E-state index >= 15 is 0 Å². The van der Waals surface area contributed by atoms with E-state index in [1.54, 1.807) is 13.0 Å². The molecule has 1 heterocycles. The number of halogens is 2. The summed E-state index contributed by atoms with van der Waals surface area (Å²) < 4.78 is 34.0. The molecule has 0 saturated carbocycles. The first-order valence-electron chi connectivity index (χ1n) is 11.9. The summed E-state index contributed by atoms with van der Waals surface area (Å²) in [5.41, 5.74) is 7.76. The van der Waals surface area contributed by atoms with Crippen molar-refractivity contribution in [3.05, 3.63) is 70.3 Å². The van der Waals surface area contributed by atoms with Crippen molar-refractivity contribution in [3.63, 3.8) is 0 Å². The summed E-state index contributed by atoms with van der Waals surface area (Å²) in [7, 11) is -1.22. The van der Waals surface area contributed by atoms with Crippen LogP contribution >= 0.6 is 0 Å². The lowest BCUT2D eigenvalue weighted by Crippen LogP contribution is -2.48. The van der Waals surface area contributed by atoms with E-state index in [4.69, 9.17) is 10.5 Å². The highest BCUT2D eigenvalue weighted by Crippen LogP contribution is 2.24. The van der Waals surface area contributed by atoms with Crippen LogP contribution in [-0.2, 0) is 11.3 Å². The lowest BCUT2D eigenvalue weighted by molar-refractivity contribution is 0.125. The molecular weight excluding hydrogens is 466 g/mol. The average molecular weight is 507 g/mol. The molecule has 1 unspecified atom stereocenters. The van der Waals surface area contributed by atoms with Gasteiger partial charge in [-0.3, -0.25) is 5.32 Å². The van der Waals surface area contributed by atoms with Crippen molar-refractivity contribution in [2.75, 3.05) is 6.54 Å². The normalized spacial score (nSPS) is 15.7. The molecule has 194 valence electrons. The number of nitrogens with zero attached hydrogens (tertiary/aromatic N) is 1. The number of nitrogens with two attached hydrogens (primary N) is 1. The Morgan fingerprint density at radius 2 is 1.94 bits per heavy atom. The van der Waals surface area contributed by atoms with Crippen molar-refractivity contribution in [1.29, 1.82) is 0 Å². The molecule has 1 aromatic carbocycles. The van der Waals surface area contributed by atoms with Crippen LogP contribution in [0.5, 0.6) is 0 Å². The van der Waals surface area contributed by atoms with Crippen LogP contribution in [0.3, 0.4) is 0 Å². The SMILES string of the molecule is C/C=C(C)\C=C(\OCc1c(F)cccc1F)c1nc([C@H](O)NCC(C)(N)CC[Si](C)(C)C)c(C)[nH]1. The second kappa shape index (κ2) is 12.1. The van der Waals surface area contributed by atoms with Crippen LogP contribution in [0.4, 0.5) is 8.78 Å². The number of nitrogens with one attached hydrogen (secondary N) is 2. The summed E-state index contributed by atoms with van der Waals surface area (Å²) in [6, 6.07) is 4.79. The molecule has 2 atom stereocenters. The van der Waals surface area contributed by atoms with Gasteiger partial charge < -0.3 is 20.6 Å². The molecule has 0 radical (unpaired) electrons. The molecule has 5 N–H and O–H groups in total. The number of imidazole rings is 1. The molecular formula is C26H40F2N4O2Si. The molecule has 0 saturated heterocycles. The predicted octanol–water partition coefficient (Wildman–Crippen LogP) is 5.55. The summed E-state index contributed by atoms with van der Waals surface area (Å²) in [6.07, 6.45) is 3.43. The molecule has 0 bridgehead atoms. The Balaban J connectivity index is 2.19. The lowest BCUT2D eigenvalue weighted by atomic mass is 10.0. The van der Waals surface area contributed by atoms with Crippen molar-refractivity contribution in [2.45, 2.75) is 78.2 Å². The number of aryl methyl sites for hydroxylation is 1. The largest absolute Gasteiger partial charge is 0.485 e. The van der Waals surface area contributed by atoms with E-state index < -0.39 is 31.5 Å². The topological polar surface area (TPSA) is 96.2 Å². The van der Waals surface area contributed by atoms with E-state index in [-0.39, 0.29) is 12.2 Å². The van der Waals surface area contributed by atoms with Gasteiger partial charge in [0.15, 0.2) is 11.6 Å². The molecule has 0 aliphatic heterocycles. The second-order valence-electron chi connectivity index (χ2n) is 10.6. The van der Waals surface area contributed by atoms with Gasteiger partial charge in [-0.05, 0) is 52.3 Å². The standard InChI is InChI=1S/C26H40F2N4O2Si/c1-8-17(2)14-22(34-15-19-20(27)10-9-11-21(19)28)24-31-18(3)23(32-24)25(33)30-16-26(4,29)12-13-35(5,6)7/h8-11,14,25,30,33H,12-13,15-16,29H2,1-7H3,(H,31,32)/b17-8-,22-14+/t25-,26?/m0/s1. The van der Waals surface area contributed by atoms with Gasteiger partial charge in [-0.25, -0.2) is 13.8 Å². The highest BCUT2D eigenvalue weighted by atomic mass is 28.3. The molecule has 1 aromatic heterocycles. The Kier molecular flexibility index (Phi) is 9.97. The number of aromatic nitrogens is 2. The summed E-state index contributed by atoms with van der Waals surface area (Å²) in [5.74, 6) is -0.696. The zero-order valence-corrected chi connectivity index (χ0v) is 22.9. The van der Waals surface area contributed by atoms with Gasteiger partial charge in [0, 0.05) is 25.9 Å². The first-order valence-corrected chi connectivity index (χ1v) is 15.6. The van der Waals surface area contributed by atoms with Crippen LogP contribution in [0.1, 0.15) is 56.2 Å². The first-order chi connectivity index (χ1) is 16.2. The Morgan fingerprint density at radius 3 is 2.51 bits per heavy atom. The Bertz CT molecular complexity index is 1040. The Hall–Kier alpha value is -2.33. The second-order valence-corrected chi connectivity index (χ2v) is 16.2. The van der Waals surface area contributed by atoms with Crippen LogP contribution in [0.2, 0.25) is 25.7 Å². The van der Waals surface area contributed by atoms with Gasteiger partial charge in [0.05, 0.1) is 5.56 Å². The number of benzene rings is 1. The van der Waals surface area contributed by atoms with E-state index in [1.165, 1.54) is 18.2 Å². The zero-order valence-electron chi connectivity index (χ0n) is 21.9. The molecule has 0 amide bonds. The summed E-state index contributed by atoms with van der Waals surface area (Å²) in [6.45, 7) is 14.6. The van der Waals surface area contributed by atoms with Gasteiger partial charge in [-0.15, -0.1) is 0 Å². The molecule has 0 aliphatic rings. The number of hydrogen-bond acceptors (Lipinski definition) is 5. The molecule has 9 heteroatoms. The highest BCUT2D eigenvalue weighted by molar-refractivity contribution is 6.76. The van der Waals surface area contributed by atoms with Crippen LogP contribution in [-0.4, -0.2) is 35.2 Å². The van der Waals surface area contributed by atoms with Crippen LogP contribution in [0.25, 0.3) is 5.76 Å². The maximum atomic E-state index is 14.1. The third-order valence-electron chi connectivity index (χ3n) is 5.81. The van der Waals surface area contributed by atoms with E-state index in [9.17, 15) is 13.9 Å². The van der Waals surface area contributed by atoms with Gasteiger partial charge in [0.25, 0.3) is 0 Å². The summed E-state index contributed by atoms with van der Waals surface area (Å²) in [5, 5.41) is 13.9.